The molecule has 0 saturated heterocycles. The van der Waals surface area contributed by atoms with Gasteiger partial charge in [0.25, 0.3) is 0 Å². The number of nitrogen functional groups attached to an aromatic ring is 1. The Labute approximate surface area is 197 Å². The van der Waals surface area contributed by atoms with Gasteiger partial charge in [-0.15, -0.1) is 0 Å². The van der Waals surface area contributed by atoms with E-state index in [2.05, 4.69) is 6.07 Å². The third kappa shape index (κ3) is 6.18. The van der Waals surface area contributed by atoms with Gasteiger partial charge in [0.15, 0.2) is 0 Å². The largest absolute Gasteiger partial charge is 0.496 e. The number of hydrogen-bond donors (Lipinski definition) is 1. The van der Waals surface area contributed by atoms with Crippen molar-refractivity contribution in [2.45, 2.75) is 53.6 Å². The van der Waals surface area contributed by atoms with E-state index >= 15 is 0 Å². The van der Waals surface area contributed by atoms with Crippen molar-refractivity contribution >= 4 is 17.5 Å². The van der Waals surface area contributed by atoms with Gasteiger partial charge in [-0.1, -0.05) is 26.0 Å². The Bertz CT molecular complexity index is 960. The summed E-state index contributed by atoms with van der Waals surface area (Å²) in [4.78, 5) is 26.3. The van der Waals surface area contributed by atoms with Crippen LogP contribution in [0.2, 0.25) is 0 Å². The first-order valence-electron chi connectivity index (χ1n) is 11.5. The molecule has 2 aromatic carbocycles. The highest BCUT2D eigenvalue weighted by Gasteiger charge is 2.23. The number of nitrogens with two attached hydrogens (primary N) is 1. The first-order chi connectivity index (χ1) is 15.8. The Morgan fingerprint density at radius 2 is 1.33 bits per heavy atom. The topological polar surface area (TPSA) is 85.1 Å². The molecule has 2 amide bonds. The first kappa shape index (κ1) is 26.0. The quantitative estimate of drug-likeness (QED) is 0.696. The van der Waals surface area contributed by atoms with Gasteiger partial charge in [0, 0.05) is 56.8 Å². The van der Waals surface area contributed by atoms with Crippen molar-refractivity contribution in [2.75, 3.05) is 33.0 Å². The second kappa shape index (κ2) is 12.1. The van der Waals surface area contributed by atoms with E-state index in [1.54, 1.807) is 28.1 Å². The standard InChI is InChI=1S/C12H16N2O2.C12H15NO2.C2H6/c1-8(15)14-6-5-9-10(7-14)12(16-2)4-3-11(9)13;1-9(14)13-7-6-10-4-3-5-12(15-2)11(10)8-13;1-2/h3-4H,5-7,13H2,1-2H3;3-5H,6-8H2,1-2H3;1-2H3. The molecule has 0 radical (unpaired) electrons. The van der Waals surface area contributed by atoms with Gasteiger partial charge in [-0.2, -0.15) is 0 Å². The number of rotatable bonds is 2. The van der Waals surface area contributed by atoms with Gasteiger partial charge in [-0.25, -0.2) is 0 Å². The molecule has 0 saturated carbocycles. The highest BCUT2D eigenvalue weighted by Crippen LogP contribution is 2.32. The minimum absolute atomic E-state index is 0.0927. The van der Waals surface area contributed by atoms with Gasteiger partial charge >= 0.3 is 0 Å². The second-order valence-electron chi connectivity index (χ2n) is 7.79. The average Bonchev–Trinajstić information content (AvgIpc) is 2.85. The molecule has 0 aromatic heterocycles. The summed E-state index contributed by atoms with van der Waals surface area (Å²) in [6.07, 6.45) is 1.73. The molecule has 7 heteroatoms. The zero-order valence-electron chi connectivity index (χ0n) is 20.7. The van der Waals surface area contributed by atoms with Crippen molar-refractivity contribution in [2.24, 2.45) is 0 Å². The number of benzene rings is 2. The maximum Gasteiger partial charge on any atom is 0.219 e. The number of hydrogen-bond acceptors (Lipinski definition) is 5. The van der Waals surface area contributed by atoms with E-state index in [0.717, 1.165) is 59.8 Å². The summed E-state index contributed by atoms with van der Waals surface area (Å²) in [6, 6.07) is 9.78. The molecule has 180 valence electrons. The molecular weight excluding hydrogens is 418 g/mol. The van der Waals surface area contributed by atoms with Gasteiger partial charge in [0.2, 0.25) is 11.8 Å². The highest BCUT2D eigenvalue weighted by molar-refractivity contribution is 5.74. The van der Waals surface area contributed by atoms with Crippen LogP contribution < -0.4 is 15.2 Å². The SMILES string of the molecule is CC.COc1ccc(N)c2c1CN(C(C)=O)CC2.COc1cccc2c1CN(C(C)=O)CC2. The van der Waals surface area contributed by atoms with Gasteiger partial charge in [0.05, 0.1) is 14.2 Å². The zero-order chi connectivity index (χ0) is 24.5. The molecule has 2 aromatic rings. The lowest BCUT2D eigenvalue weighted by molar-refractivity contribution is -0.130. The average molecular weight is 456 g/mol. The van der Waals surface area contributed by atoms with E-state index in [0.29, 0.717) is 13.1 Å². The second-order valence-corrected chi connectivity index (χ2v) is 7.79. The summed E-state index contributed by atoms with van der Waals surface area (Å²) in [7, 11) is 3.31. The van der Waals surface area contributed by atoms with Crippen LogP contribution in [0.3, 0.4) is 0 Å². The van der Waals surface area contributed by atoms with Crippen LogP contribution in [0, 0.1) is 0 Å². The van der Waals surface area contributed by atoms with Gasteiger partial charge in [-0.3, -0.25) is 9.59 Å². The lowest BCUT2D eigenvalue weighted by Gasteiger charge is -2.29. The Hall–Kier alpha value is -3.22. The number of nitrogens with zero attached hydrogens (tertiary/aromatic N) is 2. The maximum absolute atomic E-state index is 11.3. The number of anilines is 1. The minimum Gasteiger partial charge on any atom is -0.496 e. The number of ether oxygens (including phenoxy) is 2. The van der Waals surface area contributed by atoms with Gasteiger partial charge < -0.3 is 25.0 Å². The lowest BCUT2D eigenvalue weighted by atomic mass is 9.97. The fraction of sp³-hybridized carbons (Fsp3) is 0.462. The molecule has 0 spiro atoms. The van der Waals surface area contributed by atoms with Crippen molar-refractivity contribution < 1.29 is 19.1 Å². The molecule has 0 fully saturated rings. The van der Waals surface area contributed by atoms with Gasteiger partial charge in [-0.05, 0) is 42.2 Å². The van der Waals surface area contributed by atoms with Crippen LogP contribution in [0.5, 0.6) is 11.5 Å². The first-order valence-corrected chi connectivity index (χ1v) is 11.5. The number of amides is 2. The molecule has 0 unspecified atom stereocenters. The molecule has 2 aliphatic rings. The van der Waals surface area contributed by atoms with Crippen molar-refractivity contribution in [3.8, 4) is 11.5 Å². The van der Waals surface area contributed by atoms with E-state index < -0.39 is 0 Å². The zero-order valence-corrected chi connectivity index (χ0v) is 20.7. The Balaban J connectivity index is 0.000000218. The number of methoxy groups -OCH3 is 2. The molecule has 2 aliphatic heterocycles. The number of carbonyl (C=O) groups is 2. The van der Waals surface area contributed by atoms with E-state index in [-0.39, 0.29) is 11.8 Å². The Morgan fingerprint density at radius 3 is 1.91 bits per heavy atom. The normalized spacial score (nSPS) is 13.9. The monoisotopic (exact) mass is 455 g/mol. The van der Waals surface area contributed by atoms with Crippen molar-refractivity contribution in [1.82, 2.24) is 9.80 Å². The van der Waals surface area contributed by atoms with Crippen LogP contribution in [-0.2, 0) is 35.5 Å². The lowest BCUT2D eigenvalue weighted by Crippen LogP contribution is -2.34. The smallest absolute Gasteiger partial charge is 0.219 e. The molecular formula is C26H37N3O4. The van der Waals surface area contributed by atoms with Gasteiger partial charge in [0.1, 0.15) is 11.5 Å². The highest BCUT2D eigenvalue weighted by atomic mass is 16.5. The minimum atomic E-state index is 0.0927. The summed E-state index contributed by atoms with van der Waals surface area (Å²) in [5.41, 5.74) is 11.3. The number of fused-ring (bicyclic) bond motifs is 2. The third-order valence-corrected chi connectivity index (χ3v) is 5.97. The van der Waals surface area contributed by atoms with Crippen LogP contribution >= 0.6 is 0 Å². The summed E-state index contributed by atoms with van der Waals surface area (Å²) in [5, 5.41) is 0. The van der Waals surface area contributed by atoms with E-state index in [1.165, 1.54) is 5.56 Å². The molecule has 4 rings (SSSR count). The van der Waals surface area contributed by atoms with Crippen LogP contribution in [0.25, 0.3) is 0 Å². The Kier molecular flexibility index (Phi) is 9.57. The fourth-order valence-electron chi connectivity index (χ4n) is 4.14. The molecule has 0 bridgehead atoms. The predicted octanol–water partition coefficient (Wildman–Crippen LogP) is 3.81. The van der Waals surface area contributed by atoms with E-state index in [1.807, 2.05) is 47.9 Å². The number of carbonyl (C=O) groups excluding carboxylic acids is 2. The van der Waals surface area contributed by atoms with Crippen LogP contribution in [0.4, 0.5) is 5.69 Å². The summed E-state index contributed by atoms with van der Waals surface area (Å²) in [5.74, 6) is 1.93. The third-order valence-electron chi connectivity index (χ3n) is 5.97. The van der Waals surface area contributed by atoms with Crippen molar-refractivity contribution in [1.29, 1.82) is 0 Å². The fourth-order valence-corrected chi connectivity index (χ4v) is 4.14. The van der Waals surface area contributed by atoms with Crippen molar-refractivity contribution in [3.63, 3.8) is 0 Å². The molecule has 2 heterocycles. The molecule has 2 N–H and O–H groups in total. The summed E-state index contributed by atoms with van der Waals surface area (Å²) < 4.78 is 10.6. The summed E-state index contributed by atoms with van der Waals surface area (Å²) >= 11 is 0. The molecule has 33 heavy (non-hydrogen) atoms. The molecule has 0 atom stereocenters. The summed E-state index contributed by atoms with van der Waals surface area (Å²) in [6.45, 7) is 10.0. The van der Waals surface area contributed by atoms with Crippen molar-refractivity contribution in [3.05, 3.63) is 52.6 Å². The van der Waals surface area contributed by atoms with Crippen LogP contribution in [0.1, 0.15) is 49.9 Å². The Morgan fingerprint density at radius 1 is 0.788 bits per heavy atom. The molecule has 0 aliphatic carbocycles. The maximum atomic E-state index is 11.3. The van der Waals surface area contributed by atoms with Crippen LogP contribution in [0.15, 0.2) is 30.3 Å². The predicted molar refractivity (Wildman–Crippen MR) is 131 cm³/mol. The van der Waals surface area contributed by atoms with Crippen LogP contribution in [-0.4, -0.2) is 48.9 Å². The van der Waals surface area contributed by atoms with E-state index in [4.69, 9.17) is 15.2 Å². The van der Waals surface area contributed by atoms with E-state index in [9.17, 15) is 9.59 Å². The molecule has 7 nitrogen and oxygen atoms in total.